The molecule has 0 amide bonds. The zero-order valence-electron chi connectivity index (χ0n) is 9.05. The number of carbonyl (C=O) groups is 1. The van der Waals surface area contributed by atoms with Crippen LogP contribution in [-0.4, -0.2) is 22.9 Å². The van der Waals surface area contributed by atoms with Crippen LogP contribution in [0.15, 0.2) is 36.8 Å². The van der Waals surface area contributed by atoms with Crippen LogP contribution in [0.2, 0.25) is 5.02 Å². The van der Waals surface area contributed by atoms with Gasteiger partial charge < -0.3 is 4.74 Å². The summed E-state index contributed by atoms with van der Waals surface area (Å²) in [5.41, 5.74) is 0.753. The van der Waals surface area contributed by atoms with Gasteiger partial charge in [-0.1, -0.05) is 11.6 Å². The molecule has 5 heteroatoms. The molecule has 2 aromatic rings. The zero-order chi connectivity index (χ0) is 12.3. The summed E-state index contributed by atoms with van der Waals surface area (Å²) in [5.74, 6) is 0.317. The molecule has 0 unspecified atom stereocenters. The molecular weight excluding hydrogens is 240 g/mol. The molecule has 0 aromatic carbocycles. The fourth-order valence-corrected chi connectivity index (χ4v) is 1.42. The highest BCUT2D eigenvalue weighted by molar-refractivity contribution is 6.30. The van der Waals surface area contributed by atoms with Gasteiger partial charge in [-0.25, -0.2) is 0 Å². The topological polar surface area (TPSA) is 52.1 Å². The summed E-state index contributed by atoms with van der Waals surface area (Å²) in [6, 6.07) is 4.81. The van der Waals surface area contributed by atoms with E-state index < -0.39 is 0 Å². The van der Waals surface area contributed by atoms with E-state index in [4.69, 9.17) is 16.3 Å². The summed E-state index contributed by atoms with van der Waals surface area (Å²) < 4.78 is 5.00. The molecule has 0 N–H and O–H groups in total. The lowest BCUT2D eigenvalue weighted by atomic mass is 10.1. The van der Waals surface area contributed by atoms with E-state index in [1.807, 2.05) is 0 Å². The van der Waals surface area contributed by atoms with Crippen LogP contribution in [0.3, 0.4) is 0 Å². The first-order chi connectivity index (χ1) is 8.20. The maximum absolute atomic E-state index is 12.0. The number of pyridine rings is 2. The average Bonchev–Trinajstić information content (AvgIpc) is 2.39. The maximum Gasteiger partial charge on any atom is 0.213 e. The van der Waals surface area contributed by atoms with Crippen molar-refractivity contribution in [1.29, 1.82) is 0 Å². The number of ether oxygens (including phenoxy) is 1. The highest BCUT2D eigenvalue weighted by atomic mass is 35.5. The fraction of sp³-hybridized carbons (Fsp3) is 0.0833. The van der Waals surface area contributed by atoms with Crippen molar-refractivity contribution in [1.82, 2.24) is 9.97 Å². The van der Waals surface area contributed by atoms with Gasteiger partial charge in [-0.2, -0.15) is 0 Å². The van der Waals surface area contributed by atoms with Crippen LogP contribution < -0.4 is 4.74 Å². The Hall–Kier alpha value is -1.94. The Morgan fingerprint density at radius 3 is 2.76 bits per heavy atom. The molecule has 0 radical (unpaired) electrons. The molecule has 4 nitrogen and oxygen atoms in total. The molecule has 2 heterocycles. The number of nitrogens with zero attached hydrogens (tertiary/aromatic N) is 2. The molecule has 0 fully saturated rings. The standard InChI is InChI=1S/C12H9ClN2O2/c1-17-10-4-8(5-14-7-10)12(16)11-3-2-9(13)6-15-11/h2-7H,1H3. The number of methoxy groups -OCH3 is 1. The van der Waals surface area contributed by atoms with Gasteiger partial charge in [0.25, 0.3) is 0 Å². The lowest BCUT2D eigenvalue weighted by Crippen LogP contribution is -2.04. The molecule has 0 saturated heterocycles. The molecular formula is C12H9ClN2O2. The van der Waals surface area contributed by atoms with Crippen LogP contribution in [0, 0.1) is 0 Å². The Kier molecular flexibility index (Phi) is 3.35. The van der Waals surface area contributed by atoms with Gasteiger partial charge >= 0.3 is 0 Å². The summed E-state index contributed by atoms with van der Waals surface area (Å²) in [5, 5.41) is 0.491. The largest absolute Gasteiger partial charge is 0.495 e. The number of halogens is 1. The molecule has 0 aliphatic heterocycles. The lowest BCUT2D eigenvalue weighted by Gasteiger charge is -2.02. The van der Waals surface area contributed by atoms with Crippen molar-refractivity contribution in [2.24, 2.45) is 0 Å². The number of aromatic nitrogens is 2. The normalized spacial score (nSPS) is 10.0. The van der Waals surface area contributed by atoms with Crippen molar-refractivity contribution in [2.75, 3.05) is 7.11 Å². The third-order valence-electron chi connectivity index (χ3n) is 2.17. The van der Waals surface area contributed by atoms with Crippen LogP contribution in [0.4, 0.5) is 0 Å². The van der Waals surface area contributed by atoms with Gasteiger partial charge in [0.15, 0.2) is 0 Å². The minimum absolute atomic E-state index is 0.215. The van der Waals surface area contributed by atoms with Crippen molar-refractivity contribution in [3.63, 3.8) is 0 Å². The van der Waals surface area contributed by atoms with Crippen LogP contribution in [0.25, 0.3) is 0 Å². The Morgan fingerprint density at radius 2 is 2.12 bits per heavy atom. The molecule has 86 valence electrons. The van der Waals surface area contributed by atoms with Crippen molar-refractivity contribution >= 4 is 17.4 Å². The van der Waals surface area contributed by atoms with E-state index in [9.17, 15) is 4.79 Å². The molecule has 0 atom stereocenters. The Morgan fingerprint density at radius 1 is 1.29 bits per heavy atom. The second kappa shape index (κ2) is 4.93. The smallest absolute Gasteiger partial charge is 0.213 e. The van der Waals surface area contributed by atoms with Gasteiger partial charge in [-0.05, 0) is 18.2 Å². The van der Waals surface area contributed by atoms with Crippen molar-refractivity contribution in [3.05, 3.63) is 53.1 Å². The highest BCUT2D eigenvalue weighted by Gasteiger charge is 2.11. The van der Waals surface area contributed by atoms with E-state index in [-0.39, 0.29) is 5.78 Å². The van der Waals surface area contributed by atoms with Gasteiger partial charge in [0, 0.05) is 18.0 Å². The summed E-state index contributed by atoms with van der Waals surface area (Å²) in [7, 11) is 1.52. The Balaban J connectivity index is 2.33. The number of rotatable bonds is 3. The summed E-state index contributed by atoms with van der Waals surface area (Å²) in [4.78, 5) is 19.9. The van der Waals surface area contributed by atoms with Crippen molar-refractivity contribution in [3.8, 4) is 5.75 Å². The number of hydrogen-bond donors (Lipinski definition) is 0. The van der Waals surface area contributed by atoms with E-state index in [0.717, 1.165) is 0 Å². The van der Waals surface area contributed by atoms with E-state index in [0.29, 0.717) is 22.0 Å². The summed E-state index contributed by atoms with van der Waals surface area (Å²) in [6.45, 7) is 0. The Bertz CT molecular complexity index is 540. The zero-order valence-corrected chi connectivity index (χ0v) is 9.81. The third-order valence-corrected chi connectivity index (χ3v) is 2.39. The van der Waals surface area contributed by atoms with E-state index in [2.05, 4.69) is 9.97 Å². The SMILES string of the molecule is COc1cncc(C(=O)c2ccc(Cl)cn2)c1. The summed E-state index contributed by atoms with van der Waals surface area (Å²) >= 11 is 5.70. The van der Waals surface area contributed by atoms with Crippen molar-refractivity contribution < 1.29 is 9.53 Å². The maximum atomic E-state index is 12.0. The summed E-state index contributed by atoms with van der Waals surface area (Å²) in [6.07, 6.45) is 4.44. The molecule has 0 aliphatic carbocycles. The second-order valence-electron chi connectivity index (χ2n) is 3.30. The van der Waals surface area contributed by atoms with E-state index in [1.54, 1.807) is 18.2 Å². The van der Waals surface area contributed by atoms with Crippen LogP contribution in [0.1, 0.15) is 16.1 Å². The lowest BCUT2D eigenvalue weighted by molar-refractivity contribution is 0.103. The first-order valence-electron chi connectivity index (χ1n) is 4.86. The number of ketones is 1. The van der Waals surface area contributed by atoms with Crippen LogP contribution in [-0.2, 0) is 0 Å². The molecule has 2 rings (SSSR count). The quantitative estimate of drug-likeness (QED) is 0.783. The van der Waals surface area contributed by atoms with Gasteiger partial charge in [-0.15, -0.1) is 0 Å². The molecule has 0 aliphatic rings. The Labute approximate surface area is 103 Å². The predicted molar refractivity (Wildman–Crippen MR) is 63.5 cm³/mol. The first kappa shape index (κ1) is 11.5. The van der Waals surface area contributed by atoms with Gasteiger partial charge in [0.2, 0.25) is 5.78 Å². The highest BCUT2D eigenvalue weighted by Crippen LogP contribution is 2.14. The van der Waals surface area contributed by atoms with Gasteiger partial charge in [0.1, 0.15) is 11.4 Å². The second-order valence-corrected chi connectivity index (χ2v) is 3.74. The molecule has 0 spiro atoms. The van der Waals surface area contributed by atoms with E-state index >= 15 is 0 Å². The fourth-order valence-electron chi connectivity index (χ4n) is 1.31. The van der Waals surface area contributed by atoms with Gasteiger partial charge in [-0.3, -0.25) is 14.8 Å². The number of carbonyl (C=O) groups excluding carboxylic acids is 1. The molecule has 17 heavy (non-hydrogen) atoms. The predicted octanol–water partition coefficient (Wildman–Crippen LogP) is 2.37. The minimum Gasteiger partial charge on any atom is -0.495 e. The van der Waals surface area contributed by atoms with Crippen LogP contribution in [0.5, 0.6) is 5.75 Å². The number of hydrogen-bond acceptors (Lipinski definition) is 4. The molecule has 0 saturated carbocycles. The molecule has 0 bridgehead atoms. The minimum atomic E-state index is -0.215. The molecule has 2 aromatic heterocycles. The first-order valence-corrected chi connectivity index (χ1v) is 5.24. The third kappa shape index (κ3) is 2.60. The average molecular weight is 249 g/mol. The van der Waals surface area contributed by atoms with Gasteiger partial charge in [0.05, 0.1) is 18.3 Å². The monoisotopic (exact) mass is 248 g/mol. The van der Waals surface area contributed by atoms with Crippen LogP contribution >= 0.6 is 11.6 Å². The van der Waals surface area contributed by atoms with E-state index in [1.165, 1.54) is 25.7 Å². The van der Waals surface area contributed by atoms with Crippen molar-refractivity contribution in [2.45, 2.75) is 0 Å².